The zero-order chi connectivity index (χ0) is 15.6. The van der Waals surface area contributed by atoms with Crippen molar-refractivity contribution >= 4 is 61.5 Å². The van der Waals surface area contributed by atoms with Gasteiger partial charge in [0.05, 0.1) is 21.9 Å². The Morgan fingerprint density at radius 1 is 1.52 bits per heavy atom. The van der Waals surface area contributed by atoms with E-state index in [1.54, 1.807) is 6.92 Å². The molecule has 0 saturated heterocycles. The Kier molecular flexibility index (Phi) is 5.40. The summed E-state index contributed by atoms with van der Waals surface area (Å²) in [6, 6.07) is 0. The number of amides is 1. The number of ether oxygens (including phenoxy) is 1. The van der Waals surface area contributed by atoms with Crippen LogP contribution in [0.15, 0.2) is 0 Å². The predicted octanol–water partition coefficient (Wildman–Crippen LogP) is 2.99. The van der Waals surface area contributed by atoms with E-state index in [1.807, 2.05) is 0 Å². The lowest BCUT2D eigenvalue weighted by Gasteiger charge is -2.16. The fraction of sp³-hybridized carbons (Fsp3) is 0.462. The van der Waals surface area contributed by atoms with Gasteiger partial charge in [-0.3, -0.25) is 9.59 Å². The second kappa shape index (κ2) is 6.89. The second-order valence-electron chi connectivity index (χ2n) is 4.39. The van der Waals surface area contributed by atoms with Crippen LogP contribution in [-0.4, -0.2) is 35.0 Å². The minimum absolute atomic E-state index is 0.0711. The molecule has 0 radical (unpaired) electrons. The molecule has 8 heteroatoms. The van der Waals surface area contributed by atoms with Crippen LogP contribution in [0.3, 0.4) is 0 Å². The van der Waals surface area contributed by atoms with E-state index in [0.717, 1.165) is 11.3 Å². The number of carbonyl (C=O) groups excluding carboxylic acids is 3. The Labute approximate surface area is 139 Å². The van der Waals surface area contributed by atoms with Gasteiger partial charge in [-0.05, 0) is 25.3 Å². The number of esters is 1. The lowest BCUT2D eigenvalue weighted by atomic mass is 9.94. The number of ketones is 1. The Morgan fingerprint density at radius 3 is 2.86 bits per heavy atom. The van der Waals surface area contributed by atoms with Gasteiger partial charge in [-0.2, -0.15) is 0 Å². The molecule has 1 aromatic heterocycles. The molecule has 1 aromatic rings. The van der Waals surface area contributed by atoms with E-state index in [9.17, 15) is 14.4 Å². The van der Waals surface area contributed by atoms with Crippen LogP contribution < -0.4 is 5.32 Å². The summed E-state index contributed by atoms with van der Waals surface area (Å²) in [6.45, 7) is 1.93. The molecular weight excluding hydrogens is 382 g/mol. The van der Waals surface area contributed by atoms with Gasteiger partial charge in [0.1, 0.15) is 10.9 Å². The molecule has 1 aliphatic rings. The smallest absolute Gasteiger partial charge is 0.341 e. The fourth-order valence-electron chi connectivity index (χ4n) is 2.11. The third kappa shape index (κ3) is 3.30. The average Bonchev–Trinajstić information content (AvgIpc) is 2.82. The van der Waals surface area contributed by atoms with E-state index >= 15 is 0 Å². The topological polar surface area (TPSA) is 72.5 Å². The highest BCUT2D eigenvalue weighted by molar-refractivity contribution is 9.10. The first-order valence-corrected chi connectivity index (χ1v) is 8.63. The summed E-state index contributed by atoms with van der Waals surface area (Å²) < 4.78 is 5.03. The van der Waals surface area contributed by atoms with Crippen molar-refractivity contribution in [2.75, 3.05) is 17.8 Å². The van der Waals surface area contributed by atoms with Crippen LogP contribution in [0.4, 0.5) is 5.00 Å². The Bertz CT molecular complexity index is 601. The first kappa shape index (κ1) is 16.5. The normalized spacial score (nSPS) is 17.3. The molecule has 0 spiro atoms. The highest BCUT2D eigenvalue weighted by atomic mass is 79.9. The van der Waals surface area contributed by atoms with E-state index in [-0.39, 0.29) is 28.7 Å². The summed E-state index contributed by atoms with van der Waals surface area (Å²) in [4.78, 5) is 36.1. The van der Waals surface area contributed by atoms with Gasteiger partial charge in [0.15, 0.2) is 5.78 Å². The van der Waals surface area contributed by atoms with Gasteiger partial charge in [0.25, 0.3) is 0 Å². The van der Waals surface area contributed by atoms with Crippen LogP contribution in [0.5, 0.6) is 0 Å². The molecule has 0 bridgehead atoms. The van der Waals surface area contributed by atoms with Crippen LogP contribution in [0.2, 0.25) is 0 Å². The van der Waals surface area contributed by atoms with Gasteiger partial charge in [-0.1, -0.05) is 15.9 Å². The minimum Gasteiger partial charge on any atom is -0.462 e. The predicted molar refractivity (Wildman–Crippen MR) is 85.0 cm³/mol. The molecule has 1 aliphatic carbocycles. The molecule has 0 fully saturated rings. The molecule has 0 aliphatic heterocycles. The van der Waals surface area contributed by atoms with Crippen LogP contribution >= 0.6 is 38.9 Å². The number of anilines is 1. The lowest BCUT2D eigenvalue weighted by Crippen LogP contribution is -2.22. The summed E-state index contributed by atoms with van der Waals surface area (Å²) in [7, 11) is 0. The molecule has 1 atom stereocenters. The number of halogens is 2. The van der Waals surface area contributed by atoms with E-state index < -0.39 is 11.9 Å². The molecule has 0 unspecified atom stereocenters. The largest absolute Gasteiger partial charge is 0.462 e. The van der Waals surface area contributed by atoms with Crippen molar-refractivity contribution in [1.29, 1.82) is 0 Å². The van der Waals surface area contributed by atoms with Gasteiger partial charge in [-0.15, -0.1) is 22.9 Å². The van der Waals surface area contributed by atoms with Crippen molar-refractivity contribution in [2.24, 2.45) is 0 Å². The molecular formula is C13H13BrClNO4S. The number of carbonyl (C=O) groups is 3. The maximum Gasteiger partial charge on any atom is 0.341 e. The van der Waals surface area contributed by atoms with Crippen LogP contribution in [0.1, 0.15) is 38.9 Å². The maximum absolute atomic E-state index is 12.2. The molecule has 114 valence electrons. The van der Waals surface area contributed by atoms with Gasteiger partial charge >= 0.3 is 5.97 Å². The molecule has 0 aromatic carbocycles. The van der Waals surface area contributed by atoms with Gasteiger partial charge < -0.3 is 10.1 Å². The fourth-order valence-corrected chi connectivity index (χ4v) is 4.04. The zero-order valence-electron chi connectivity index (χ0n) is 11.2. The first-order valence-electron chi connectivity index (χ1n) is 6.36. The summed E-state index contributed by atoms with van der Waals surface area (Å²) in [5.41, 5.74) is 0.937. The molecule has 21 heavy (non-hydrogen) atoms. The summed E-state index contributed by atoms with van der Waals surface area (Å²) in [5.74, 6) is -1.25. The molecule has 5 nitrogen and oxygen atoms in total. The summed E-state index contributed by atoms with van der Waals surface area (Å²) in [6.07, 6.45) is 1.19. The van der Waals surface area contributed by atoms with E-state index in [0.29, 0.717) is 28.3 Å². The number of fused-ring (bicyclic) bond motifs is 1. The van der Waals surface area contributed by atoms with Gasteiger partial charge in [0, 0.05) is 0 Å². The number of nitrogens with one attached hydrogen (secondary N) is 1. The van der Waals surface area contributed by atoms with Gasteiger partial charge in [0.2, 0.25) is 5.91 Å². The van der Waals surface area contributed by atoms with E-state index in [4.69, 9.17) is 16.3 Å². The van der Waals surface area contributed by atoms with Crippen molar-refractivity contribution in [1.82, 2.24) is 0 Å². The van der Waals surface area contributed by atoms with Crippen LogP contribution in [0, 0.1) is 0 Å². The monoisotopic (exact) mass is 393 g/mol. The molecule has 1 heterocycles. The number of hydrogen-bond acceptors (Lipinski definition) is 5. The average molecular weight is 395 g/mol. The van der Waals surface area contributed by atoms with Crippen molar-refractivity contribution in [3.63, 3.8) is 0 Å². The third-order valence-corrected chi connectivity index (χ3v) is 5.30. The number of thiophene rings is 1. The second-order valence-corrected chi connectivity index (χ2v) is 6.78. The van der Waals surface area contributed by atoms with E-state index in [1.165, 1.54) is 0 Å². The molecule has 2 rings (SSSR count). The van der Waals surface area contributed by atoms with Crippen LogP contribution in [-0.2, 0) is 16.0 Å². The minimum atomic E-state index is -0.527. The quantitative estimate of drug-likeness (QED) is 0.629. The molecule has 1 amide bonds. The highest BCUT2D eigenvalue weighted by Crippen LogP contribution is 2.40. The van der Waals surface area contributed by atoms with Crippen molar-refractivity contribution < 1.29 is 19.1 Å². The van der Waals surface area contributed by atoms with E-state index in [2.05, 4.69) is 21.2 Å². The Morgan fingerprint density at radius 2 is 2.24 bits per heavy atom. The maximum atomic E-state index is 12.2. The Balaban J connectivity index is 2.48. The van der Waals surface area contributed by atoms with Crippen molar-refractivity contribution in [3.8, 4) is 0 Å². The number of Topliss-reactive ketones (excluding diaryl/α,β-unsaturated/α-hetero) is 1. The number of alkyl halides is 2. The summed E-state index contributed by atoms with van der Waals surface area (Å²) >= 11 is 9.90. The van der Waals surface area contributed by atoms with Crippen molar-refractivity contribution in [2.45, 2.75) is 24.6 Å². The standard InChI is InChI=1S/C13H13BrClNO4S/c1-2-20-13(19)9-6-3-4-7(14)10(18)11(6)21-12(9)16-8(17)5-15/h7H,2-5H2,1H3,(H,16,17)/t7-/m0/s1. The van der Waals surface area contributed by atoms with Crippen LogP contribution in [0.25, 0.3) is 0 Å². The first-order chi connectivity index (χ1) is 9.99. The number of rotatable bonds is 4. The van der Waals surface area contributed by atoms with Crippen molar-refractivity contribution in [3.05, 3.63) is 16.0 Å². The molecule has 1 N–H and O–H groups in total. The third-order valence-electron chi connectivity index (χ3n) is 3.02. The number of hydrogen-bond donors (Lipinski definition) is 1. The SMILES string of the molecule is CCOC(=O)c1c(NC(=O)CCl)sc2c1CC[C@H](Br)C2=O. The lowest BCUT2D eigenvalue weighted by molar-refractivity contribution is -0.113. The highest BCUT2D eigenvalue weighted by Gasteiger charge is 2.34. The zero-order valence-corrected chi connectivity index (χ0v) is 14.4. The Hall–Kier alpha value is -0.920. The molecule has 0 saturated carbocycles. The van der Waals surface area contributed by atoms with Gasteiger partial charge in [-0.25, -0.2) is 4.79 Å². The summed E-state index contributed by atoms with van der Waals surface area (Å²) in [5, 5.41) is 2.90.